The van der Waals surface area contributed by atoms with E-state index < -0.39 is 6.04 Å². The zero-order valence-corrected chi connectivity index (χ0v) is 13.9. The molecule has 23 heavy (non-hydrogen) atoms. The summed E-state index contributed by atoms with van der Waals surface area (Å²) in [5.74, 6) is 1.06. The Morgan fingerprint density at radius 2 is 2.00 bits per heavy atom. The number of amides is 2. The smallest absolute Gasteiger partial charge is 0.241 e. The largest absolute Gasteiger partial charge is 0.508 e. The van der Waals surface area contributed by atoms with Crippen LogP contribution in [-0.4, -0.2) is 63.0 Å². The summed E-state index contributed by atoms with van der Waals surface area (Å²) in [6, 6.07) is 6.13. The van der Waals surface area contributed by atoms with E-state index in [4.69, 9.17) is 5.73 Å². The Kier molecular flexibility index (Phi) is 4.25. The average Bonchev–Trinajstić information content (AvgIpc) is 2.91. The van der Waals surface area contributed by atoms with Crippen LogP contribution in [0.25, 0.3) is 0 Å². The quantitative estimate of drug-likeness (QED) is 0.835. The number of rotatable bonds is 3. The van der Waals surface area contributed by atoms with E-state index in [1.54, 1.807) is 47.9 Å². The number of carbonyl (C=O) groups excluding carboxylic acids is 2. The lowest BCUT2D eigenvalue weighted by molar-refractivity contribution is -0.147. The monoisotopic (exact) mass is 335 g/mol. The van der Waals surface area contributed by atoms with Crippen LogP contribution in [0.5, 0.6) is 5.75 Å². The van der Waals surface area contributed by atoms with Crippen molar-refractivity contribution in [2.75, 3.05) is 25.4 Å². The van der Waals surface area contributed by atoms with Crippen molar-refractivity contribution in [3.8, 4) is 5.75 Å². The first-order chi connectivity index (χ1) is 10.9. The molecule has 1 spiro atoms. The standard InChI is InChI=1S/C16H21N3O3S/c1-11(20)18-9-16(10-18)19(6-7-23-16)15(22)14(17)8-12-2-4-13(21)5-3-12/h2-5,14,21H,6-10,17H2,1H3. The van der Waals surface area contributed by atoms with E-state index in [1.165, 1.54) is 0 Å². The lowest BCUT2D eigenvalue weighted by atomic mass is 10.0. The molecule has 0 aromatic heterocycles. The van der Waals surface area contributed by atoms with Gasteiger partial charge in [0.1, 0.15) is 10.6 Å². The van der Waals surface area contributed by atoms with E-state index in [1.807, 2.05) is 4.90 Å². The maximum atomic E-state index is 12.7. The van der Waals surface area contributed by atoms with Crippen molar-refractivity contribution in [1.29, 1.82) is 0 Å². The van der Waals surface area contributed by atoms with Gasteiger partial charge in [-0.15, -0.1) is 11.8 Å². The van der Waals surface area contributed by atoms with Crippen molar-refractivity contribution in [2.45, 2.75) is 24.3 Å². The summed E-state index contributed by atoms with van der Waals surface area (Å²) in [5.41, 5.74) is 7.04. The lowest BCUT2D eigenvalue weighted by Crippen LogP contribution is -2.69. The van der Waals surface area contributed by atoms with Crippen LogP contribution in [0.3, 0.4) is 0 Å². The molecule has 124 valence electrons. The Morgan fingerprint density at radius 1 is 1.35 bits per heavy atom. The molecule has 0 radical (unpaired) electrons. The maximum Gasteiger partial charge on any atom is 0.241 e. The average molecular weight is 335 g/mol. The number of phenols is 1. The molecule has 3 rings (SSSR count). The first kappa shape index (κ1) is 16.1. The molecule has 2 fully saturated rings. The van der Waals surface area contributed by atoms with Gasteiger partial charge in [-0.05, 0) is 24.1 Å². The summed E-state index contributed by atoms with van der Waals surface area (Å²) < 4.78 is 0. The van der Waals surface area contributed by atoms with Gasteiger partial charge in [0.05, 0.1) is 19.1 Å². The summed E-state index contributed by atoms with van der Waals surface area (Å²) in [6.07, 6.45) is 0.437. The van der Waals surface area contributed by atoms with Crippen LogP contribution in [0.1, 0.15) is 12.5 Å². The van der Waals surface area contributed by atoms with Crippen LogP contribution < -0.4 is 5.73 Å². The molecule has 1 aromatic carbocycles. The zero-order valence-electron chi connectivity index (χ0n) is 13.1. The summed E-state index contributed by atoms with van der Waals surface area (Å²) >= 11 is 1.74. The van der Waals surface area contributed by atoms with E-state index >= 15 is 0 Å². The molecule has 7 heteroatoms. The van der Waals surface area contributed by atoms with Crippen LogP contribution >= 0.6 is 11.8 Å². The minimum atomic E-state index is -0.610. The highest BCUT2D eigenvalue weighted by Gasteiger charge is 2.54. The molecule has 0 aliphatic carbocycles. The van der Waals surface area contributed by atoms with Gasteiger partial charge in [-0.25, -0.2) is 0 Å². The van der Waals surface area contributed by atoms with Gasteiger partial charge < -0.3 is 20.6 Å². The van der Waals surface area contributed by atoms with Crippen molar-refractivity contribution < 1.29 is 14.7 Å². The predicted molar refractivity (Wildman–Crippen MR) is 88.9 cm³/mol. The molecule has 3 N–H and O–H groups in total. The zero-order chi connectivity index (χ0) is 16.6. The fraction of sp³-hybridized carbons (Fsp3) is 0.500. The Hall–Kier alpha value is -1.73. The number of aromatic hydroxyl groups is 1. The van der Waals surface area contributed by atoms with Crippen molar-refractivity contribution in [3.05, 3.63) is 29.8 Å². The molecule has 1 unspecified atom stereocenters. The van der Waals surface area contributed by atoms with E-state index in [-0.39, 0.29) is 22.4 Å². The van der Waals surface area contributed by atoms with Gasteiger partial charge >= 0.3 is 0 Å². The van der Waals surface area contributed by atoms with Crippen molar-refractivity contribution >= 4 is 23.6 Å². The number of likely N-dealkylation sites (tertiary alicyclic amines) is 1. The normalized spacial score (nSPS) is 20.4. The Labute approximate surface area is 139 Å². The third-order valence-electron chi connectivity index (χ3n) is 4.47. The third kappa shape index (κ3) is 3.03. The predicted octanol–water partition coefficient (Wildman–Crippen LogP) is 0.396. The van der Waals surface area contributed by atoms with Gasteiger partial charge in [-0.3, -0.25) is 9.59 Å². The summed E-state index contributed by atoms with van der Waals surface area (Å²) in [7, 11) is 0. The second-order valence-electron chi connectivity index (χ2n) is 6.14. The minimum Gasteiger partial charge on any atom is -0.508 e. The molecule has 6 nitrogen and oxygen atoms in total. The van der Waals surface area contributed by atoms with E-state index in [2.05, 4.69) is 0 Å². The Balaban J connectivity index is 1.65. The summed E-state index contributed by atoms with van der Waals surface area (Å²) in [5, 5.41) is 9.31. The summed E-state index contributed by atoms with van der Waals surface area (Å²) in [6.45, 7) is 3.41. The van der Waals surface area contributed by atoms with E-state index in [9.17, 15) is 14.7 Å². The van der Waals surface area contributed by atoms with Crippen molar-refractivity contribution in [1.82, 2.24) is 9.80 Å². The van der Waals surface area contributed by atoms with Gasteiger partial charge in [-0.2, -0.15) is 0 Å². The molecule has 2 heterocycles. The highest BCUT2D eigenvalue weighted by Crippen LogP contribution is 2.43. The Morgan fingerprint density at radius 3 is 2.61 bits per heavy atom. The number of nitrogens with zero attached hydrogens (tertiary/aromatic N) is 2. The topological polar surface area (TPSA) is 86.9 Å². The fourth-order valence-electron chi connectivity index (χ4n) is 3.13. The Bertz CT molecular complexity index is 614. The van der Waals surface area contributed by atoms with E-state index in [0.29, 0.717) is 26.1 Å². The van der Waals surface area contributed by atoms with Crippen LogP contribution in [0.15, 0.2) is 24.3 Å². The summed E-state index contributed by atoms with van der Waals surface area (Å²) in [4.78, 5) is 27.5. The minimum absolute atomic E-state index is 0.0453. The van der Waals surface area contributed by atoms with Crippen molar-refractivity contribution in [2.24, 2.45) is 5.73 Å². The second-order valence-corrected chi connectivity index (χ2v) is 7.59. The first-order valence-electron chi connectivity index (χ1n) is 7.66. The second kappa shape index (κ2) is 6.05. The fourth-order valence-corrected chi connectivity index (χ4v) is 4.61. The van der Waals surface area contributed by atoms with Gasteiger partial charge in [0.25, 0.3) is 0 Å². The molecule has 1 atom stereocenters. The lowest BCUT2D eigenvalue weighted by Gasteiger charge is -2.51. The number of carbonyl (C=O) groups is 2. The maximum absolute atomic E-state index is 12.7. The first-order valence-corrected chi connectivity index (χ1v) is 8.64. The number of benzene rings is 1. The molecule has 2 amide bonds. The molecule has 2 aliphatic rings. The van der Waals surface area contributed by atoms with Crippen LogP contribution in [0, 0.1) is 0 Å². The molecule has 0 saturated carbocycles. The number of hydrogen-bond acceptors (Lipinski definition) is 5. The SMILES string of the molecule is CC(=O)N1CC2(C1)SCCN2C(=O)C(N)Cc1ccc(O)cc1. The van der Waals surface area contributed by atoms with Crippen LogP contribution in [0.2, 0.25) is 0 Å². The number of thioether (sulfide) groups is 1. The highest BCUT2D eigenvalue weighted by molar-refractivity contribution is 8.01. The van der Waals surface area contributed by atoms with Gasteiger partial charge in [0, 0.05) is 19.2 Å². The highest BCUT2D eigenvalue weighted by atomic mass is 32.2. The van der Waals surface area contributed by atoms with Gasteiger partial charge in [0.15, 0.2) is 0 Å². The molecular weight excluding hydrogens is 314 g/mol. The molecule has 2 saturated heterocycles. The van der Waals surface area contributed by atoms with Crippen molar-refractivity contribution in [3.63, 3.8) is 0 Å². The van der Waals surface area contributed by atoms with Crippen LogP contribution in [0.4, 0.5) is 0 Å². The van der Waals surface area contributed by atoms with E-state index in [0.717, 1.165) is 11.3 Å². The van der Waals surface area contributed by atoms with Gasteiger partial charge in [-0.1, -0.05) is 12.1 Å². The molecule has 1 aromatic rings. The van der Waals surface area contributed by atoms with Gasteiger partial charge in [0.2, 0.25) is 11.8 Å². The third-order valence-corrected chi connectivity index (χ3v) is 5.88. The number of hydrogen-bond donors (Lipinski definition) is 2. The number of nitrogens with two attached hydrogens (primary N) is 1. The molecule has 2 aliphatic heterocycles. The molecular formula is C16H21N3O3S. The number of phenolic OH excluding ortho intramolecular Hbond substituents is 1. The molecule has 0 bridgehead atoms. The van der Waals surface area contributed by atoms with Crippen LogP contribution in [-0.2, 0) is 16.0 Å².